The minimum atomic E-state index is -0.999. The van der Waals surface area contributed by atoms with Crippen LogP contribution >= 0.6 is 11.6 Å². The highest BCUT2D eigenvalue weighted by atomic mass is 35.5. The maximum absolute atomic E-state index is 12.3. The van der Waals surface area contributed by atoms with Crippen LogP contribution in [-0.2, 0) is 10.3 Å². The molecule has 0 fully saturated rings. The first-order valence-electron chi connectivity index (χ1n) is 7.23. The normalized spacial score (nSPS) is 15.4. The molecule has 0 unspecified atom stereocenters. The van der Waals surface area contributed by atoms with Crippen molar-refractivity contribution in [1.29, 1.82) is 0 Å². The third-order valence-electron chi connectivity index (χ3n) is 3.86. The highest BCUT2D eigenvalue weighted by molar-refractivity contribution is 6.62. The van der Waals surface area contributed by atoms with Crippen molar-refractivity contribution in [1.82, 2.24) is 4.98 Å². The van der Waals surface area contributed by atoms with E-state index in [4.69, 9.17) is 16.3 Å². The second-order valence-electron chi connectivity index (χ2n) is 6.03. The summed E-state index contributed by atoms with van der Waals surface area (Å²) in [7, 11) is -0.999. The van der Waals surface area contributed by atoms with Crippen LogP contribution in [0.25, 0.3) is 0 Å². The third-order valence-corrected chi connectivity index (χ3v) is 4.15. The van der Waals surface area contributed by atoms with Gasteiger partial charge in [-0.25, -0.2) is 4.98 Å². The van der Waals surface area contributed by atoms with Gasteiger partial charge in [-0.2, -0.15) is 0 Å². The van der Waals surface area contributed by atoms with Crippen molar-refractivity contribution in [2.75, 3.05) is 5.32 Å². The Morgan fingerprint density at radius 2 is 2.09 bits per heavy atom. The molecule has 0 bridgehead atoms. The van der Waals surface area contributed by atoms with Gasteiger partial charge in [0.15, 0.2) is 0 Å². The maximum Gasteiger partial charge on any atom is 0.492 e. The maximum atomic E-state index is 12.3. The number of hydrogen-bond donors (Lipinski definition) is 2. The van der Waals surface area contributed by atoms with E-state index < -0.39 is 12.7 Å². The predicted molar refractivity (Wildman–Crippen MR) is 90.1 cm³/mol. The fraction of sp³-hybridized carbons (Fsp3) is 0.250. The number of aromatic nitrogens is 1. The molecule has 1 aromatic heterocycles. The molecule has 0 saturated carbocycles. The van der Waals surface area contributed by atoms with E-state index >= 15 is 0 Å². The Bertz CT molecular complexity index is 795. The molecule has 2 N–H and O–H groups in total. The molecule has 1 aliphatic heterocycles. The molecule has 0 saturated heterocycles. The molecule has 0 radical (unpaired) electrons. The average Bonchev–Trinajstić information content (AvgIpc) is 2.68. The van der Waals surface area contributed by atoms with Crippen LogP contribution < -0.4 is 10.8 Å². The lowest BCUT2D eigenvalue weighted by Crippen LogP contribution is -2.29. The molecule has 23 heavy (non-hydrogen) atoms. The molecule has 5 nitrogen and oxygen atoms in total. The first-order chi connectivity index (χ1) is 10.8. The second-order valence-corrected chi connectivity index (χ2v) is 6.39. The number of nitrogens with zero attached hydrogens (tertiary/aromatic N) is 1. The molecule has 3 rings (SSSR count). The lowest BCUT2D eigenvalue weighted by Gasteiger charge is -2.19. The standard InChI is InChI=1S/C16H16BClN2O3/c1-9-4-6-11(14(18)19-9)15(21)20-10-5-7-12-13(8-10)17(22)23-16(12,2)3/h4-8,22H,1-3H3,(H,20,21). The number of amides is 1. The molecular weight excluding hydrogens is 314 g/mol. The van der Waals surface area contributed by atoms with Crippen molar-refractivity contribution in [3.63, 3.8) is 0 Å². The van der Waals surface area contributed by atoms with Crippen LogP contribution in [0.5, 0.6) is 0 Å². The van der Waals surface area contributed by atoms with Crippen molar-refractivity contribution in [3.8, 4) is 0 Å². The zero-order chi connectivity index (χ0) is 16.8. The molecule has 0 aliphatic carbocycles. The third kappa shape index (κ3) is 2.97. The fourth-order valence-electron chi connectivity index (χ4n) is 2.69. The molecular formula is C16H16BClN2O3. The van der Waals surface area contributed by atoms with E-state index in [-0.39, 0.29) is 11.1 Å². The van der Waals surface area contributed by atoms with Crippen molar-refractivity contribution in [3.05, 3.63) is 52.3 Å². The number of rotatable bonds is 2. The highest BCUT2D eigenvalue weighted by Crippen LogP contribution is 2.30. The van der Waals surface area contributed by atoms with Gasteiger partial charge in [0, 0.05) is 11.4 Å². The Balaban J connectivity index is 1.87. The number of carbonyl (C=O) groups excluding carboxylic acids is 1. The van der Waals surface area contributed by atoms with Gasteiger partial charge in [0.25, 0.3) is 5.91 Å². The molecule has 2 aromatic rings. The van der Waals surface area contributed by atoms with Gasteiger partial charge in [0.05, 0.1) is 11.2 Å². The van der Waals surface area contributed by atoms with E-state index in [9.17, 15) is 9.82 Å². The van der Waals surface area contributed by atoms with Crippen molar-refractivity contribution < 1.29 is 14.5 Å². The van der Waals surface area contributed by atoms with Crippen LogP contribution in [0, 0.1) is 6.92 Å². The molecule has 1 aliphatic rings. The number of anilines is 1. The predicted octanol–water partition coefficient (Wildman–Crippen LogP) is 2.25. The Kier molecular flexibility index (Phi) is 3.92. The number of benzene rings is 1. The highest BCUT2D eigenvalue weighted by Gasteiger charge is 2.40. The fourth-order valence-corrected chi connectivity index (χ4v) is 2.97. The summed E-state index contributed by atoms with van der Waals surface area (Å²) in [5, 5.41) is 12.9. The van der Waals surface area contributed by atoms with Crippen molar-refractivity contribution >= 4 is 35.8 Å². The summed E-state index contributed by atoms with van der Waals surface area (Å²) in [4.78, 5) is 16.4. The smallest absolute Gasteiger partial charge is 0.423 e. The first-order valence-corrected chi connectivity index (χ1v) is 7.60. The quantitative estimate of drug-likeness (QED) is 0.654. The van der Waals surface area contributed by atoms with Gasteiger partial charge in [-0.1, -0.05) is 17.7 Å². The number of halogens is 1. The van der Waals surface area contributed by atoms with Crippen LogP contribution in [0.4, 0.5) is 5.69 Å². The number of aryl methyl sites for hydroxylation is 1. The minimum Gasteiger partial charge on any atom is -0.423 e. The van der Waals surface area contributed by atoms with Crippen LogP contribution in [0.15, 0.2) is 30.3 Å². The van der Waals surface area contributed by atoms with Crippen molar-refractivity contribution in [2.24, 2.45) is 0 Å². The molecule has 1 aromatic carbocycles. The summed E-state index contributed by atoms with van der Waals surface area (Å²) < 4.78 is 5.51. The number of pyridine rings is 1. The number of carbonyl (C=O) groups is 1. The number of fused-ring (bicyclic) bond motifs is 1. The summed E-state index contributed by atoms with van der Waals surface area (Å²) in [6, 6.07) is 8.69. The zero-order valence-electron chi connectivity index (χ0n) is 13.1. The Hall–Kier alpha value is -1.89. The Labute approximate surface area is 139 Å². The van der Waals surface area contributed by atoms with E-state index in [1.165, 1.54) is 0 Å². The summed E-state index contributed by atoms with van der Waals surface area (Å²) in [5.74, 6) is -0.352. The van der Waals surface area contributed by atoms with Gasteiger partial charge in [0.2, 0.25) is 0 Å². The molecule has 7 heteroatoms. The van der Waals surface area contributed by atoms with Crippen LogP contribution in [0.2, 0.25) is 5.15 Å². The number of hydrogen-bond acceptors (Lipinski definition) is 4. The monoisotopic (exact) mass is 330 g/mol. The van der Waals surface area contributed by atoms with Gasteiger partial charge in [-0.05, 0) is 56.1 Å². The van der Waals surface area contributed by atoms with Gasteiger partial charge >= 0.3 is 7.12 Å². The van der Waals surface area contributed by atoms with Gasteiger partial charge in [-0.3, -0.25) is 4.79 Å². The largest absolute Gasteiger partial charge is 0.492 e. The summed E-state index contributed by atoms with van der Waals surface area (Å²) >= 11 is 6.01. The summed E-state index contributed by atoms with van der Waals surface area (Å²) in [6.45, 7) is 5.58. The molecule has 118 valence electrons. The minimum absolute atomic E-state index is 0.160. The van der Waals surface area contributed by atoms with Gasteiger partial charge < -0.3 is 15.0 Å². The van der Waals surface area contributed by atoms with E-state index in [1.807, 2.05) is 19.9 Å². The first kappa shape index (κ1) is 16.0. The van der Waals surface area contributed by atoms with E-state index in [0.717, 1.165) is 11.3 Å². The van der Waals surface area contributed by atoms with Crippen LogP contribution in [-0.4, -0.2) is 23.0 Å². The lowest BCUT2D eigenvalue weighted by molar-refractivity contribution is 0.100. The molecule has 0 spiro atoms. The van der Waals surface area contributed by atoms with E-state index in [1.54, 1.807) is 31.2 Å². The SMILES string of the molecule is Cc1ccc(C(=O)Nc2ccc3c(c2)B(O)OC3(C)C)c(Cl)n1. The van der Waals surface area contributed by atoms with Crippen molar-refractivity contribution in [2.45, 2.75) is 26.4 Å². The summed E-state index contributed by atoms with van der Waals surface area (Å²) in [6.07, 6.45) is 0. The molecule has 1 amide bonds. The van der Waals surface area contributed by atoms with E-state index in [2.05, 4.69) is 10.3 Å². The molecule has 2 heterocycles. The summed E-state index contributed by atoms with van der Waals surface area (Å²) in [5.41, 5.74) is 2.60. The van der Waals surface area contributed by atoms with Gasteiger partial charge in [-0.15, -0.1) is 0 Å². The van der Waals surface area contributed by atoms with Crippen LogP contribution in [0.3, 0.4) is 0 Å². The lowest BCUT2D eigenvalue weighted by atomic mass is 9.78. The Morgan fingerprint density at radius 3 is 2.78 bits per heavy atom. The van der Waals surface area contributed by atoms with E-state index in [0.29, 0.717) is 16.7 Å². The van der Waals surface area contributed by atoms with Crippen LogP contribution in [0.1, 0.15) is 35.5 Å². The molecule has 0 atom stereocenters. The zero-order valence-corrected chi connectivity index (χ0v) is 13.8. The average molecular weight is 331 g/mol. The number of nitrogens with one attached hydrogen (secondary N) is 1. The topological polar surface area (TPSA) is 71.5 Å². The second kappa shape index (κ2) is 5.63. The Morgan fingerprint density at radius 1 is 1.35 bits per heavy atom. The van der Waals surface area contributed by atoms with Gasteiger partial charge in [0.1, 0.15) is 5.15 Å².